The minimum Gasteiger partial charge on any atom is -0.379 e. The molecule has 2 aromatic heterocycles. The van der Waals surface area contributed by atoms with Crippen LogP contribution in [0.1, 0.15) is 43.1 Å². The number of nitrogens with one attached hydrogen (secondary N) is 2. The highest BCUT2D eigenvalue weighted by atomic mass is 19.4. The Kier molecular flexibility index (Phi) is 8.58. The van der Waals surface area contributed by atoms with Gasteiger partial charge in [-0.2, -0.15) is 31.4 Å². The number of ether oxygens (including phenoxy) is 2. The molecule has 1 saturated heterocycles. The lowest BCUT2D eigenvalue weighted by Crippen LogP contribution is -2.56. The van der Waals surface area contributed by atoms with E-state index in [-0.39, 0.29) is 44.7 Å². The molecule has 0 bridgehead atoms. The first-order valence-corrected chi connectivity index (χ1v) is 12.5. The minimum atomic E-state index is -4.87. The maximum Gasteiger partial charge on any atom is 0.423 e. The Morgan fingerprint density at radius 3 is 2.67 bits per heavy atom. The minimum absolute atomic E-state index is 0.00757. The summed E-state index contributed by atoms with van der Waals surface area (Å²) in [6.07, 6.45) is -8.33. The molecule has 0 radical (unpaired) electrons. The Labute approximate surface area is 224 Å². The number of aromatic amines is 1. The number of carbonyl (C=O) groups is 1. The molecule has 0 aliphatic carbocycles. The fourth-order valence-corrected chi connectivity index (χ4v) is 4.69. The van der Waals surface area contributed by atoms with Crippen LogP contribution in [0, 0.1) is 0 Å². The molecular weight excluding hydrogens is 550 g/mol. The number of amides is 1. The second-order valence-corrected chi connectivity index (χ2v) is 9.65. The maximum absolute atomic E-state index is 13.2. The van der Waals surface area contributed by atoms with Gasteiger partial charge in [-0.25, -0.2) is 10.1 Å². The fraction of sp³-hybridized carbons (Fsp3) is 0.583. The summed E-state index contributed by atoms with van der Waals surface area (Å²) >= 11 is 0. The second-order valence-electron chi connectivity index (χ2n) is 9.65. The molecule has 1 fully saturated rings. The Bertz CT molecular complexity index is 1270. The van der Waals surface area contributed by atoms with Crippen LogP contribution in [0.5, 0.6) is 0 Å². The van der Waals surface area contributed by atoms with Gasteiger partial charge < -0.3 is 24.6 Å². The van der Waals surface area contributed by atoms with E-state index < -0.39 is 46.9 Å². The Hall–Kier alpha value is -3.40. The number of hydrogen-bond donors (Lipinski definition) is 2. The van der Waals surface area contributed by atoms with E-state index in [4.69, 9.17) is 9.47 Å². The van der Waals surface area contributed by atoms with Gasteiger partial charge >= 0.3 is 12.4 Å². The van der Waals surface area contributed by atoms with Crippen molar-refractivity contribution < 1.29 is 40.6 Å². The zero-order chi connectivity index (χ0) is 29.2. The van der Waals surface area contributed by atoms with Gasteiger partial charge in [0.15, 0.2) is 0 Å². The summed E-state index contributed by atoms with van der Waals surface area (Å²) in [6, 6.07) is 0.122. The van der Waals surface area contributed by atoms with Crippen LogP contribution in [0.4, 0.5) is 37.8 Å². The molecule has 1 unspecified atom stereocenters. The van der Waals surface area contributed by atoms with Crippen LogP contribution in [0.2, 0.25) is 0 Å². The number of hydrogen-bond acceptors (Lipinski definition) is 8. The van der Waals surface area contributed by atoms with Crippen LogP contribution in [-0.2, 0) is 26.6 Å². The van der Waals surface area contributed by atoms with Crippen molar-refractivity contribution >= 4 is 17.4 Å². The van der Waals surface area contributed by atoms with E-state index in [1.165, 1.54) is 0 Å². The smallest absolute Gasteiger partial charge is 0.379 e. The van der Waals surface area contributed by atoms with Crippen LogP contribution in [0.3, 0.4) is 0 Å². The molecule has 0 aromatic carbocycles. The van der Waals surface area contributed by atoms with E-state index in [1.807, 2.05) is 4.90 Å². The molecular formula is C24H28F6N6O4. The van der Waals surface area contributed by atoms with Gasteiger partial charge in [-0.1, -0.05) is 0 Å². The zero-order valence-corrected chi connectivity index (χ0v) is 21.6. The second kappa shape index (κ2) is 11.6. The average Bonchev–Trinajstić information content (AvgIpc) is 3.01. The van der Waals surface area contributed by atoms with Crippen LogP contribution in [0.25, 0.3) is 0 Å². The van der Waals surface area contributed by atoms with Gasteiger partial charge in [0.1, 0.15) is 11.4 Å². The molecule has 16 heteroatoms. The van der Waals surface area contributed by atoms with E-state index in [2.05, 4.69) is 15.4 Å². The van der Waals surface area contributed by atoms with Gasteiger partial charge in [0.05, 0.1) is 55.8 Å². The van der Waals surface area contributed by atoms with E-state index >= 15 is 0 Å². The number of aromatic nitrogens is 3. The third-order valence-corrected chi connectivity index (χ3v) is 6.68. The summed E-state index contributed by atoms with van der Waals surface area (Å²) in [7, 11) is 0. The molecule has 10 nitrogen and oxygen atoms in total. The number of rotatable bonds is 7. The van der Waals surface area contributed by atoms with Crippen LogP contribution in [-0.4, -0.2) is 77.5 Å². The van der Waals surface area contributed by atoms with Crippen molar-refractivity contribution in [2.45, 2.75) is 50.8 Å². The third kappa shape index (κ3) is 6.66. The van der Waals surface area contributed by atoms with Crippen molar-refractivity contribution in [2.24, 2.45) is 0 Å². The number of carbonyl (C=O) groups excluding carboxylic acids is 1. The summed E-state index contributed by atoms with van der Waals surface area (Å²) in [5, 5.41) is 7.71. The lowest BCUT2D eigenvalue weighted by molar-refractivity contribution is -0.138. The van der Waals surface area contributed by atoms with E-state index in [1.54, 1.807) is 23.8 Å². The standard InChI is InChI=1S/C24H28F6N6O4/c1-13(33-18-9-32-34-22(38)20(18)24(28,29)30)11-39-6-3-19(37)35-4-5-36-16(10-35)12-40-14(2)17-7-15(23(25,26)27)8-31-21(17)36/h7-9,13-14,16H,3-6,10-12H2,1-2H3,(H2,33,34,38)/t13-,14?,16+/m0/s1. The summed E-state index contributed by atoms with van der Waals surface area (Å²) in [5.41, 5.74) is -3.75. The number of nitrogens with zero attached hydrogens (tertiary/aromatic N) is 4. The number of anilines is 2. The van der Waals surface area contributed by atoms with Crippen molar-refractivity contribution in [3.05, 3.63) is 45.5 Å². The van der Waals surface area contributed by atoms with Gasteiger partial charge in [0, 0.05) is 37.4 Å². The molecule has 2 aliphatic rings. The number of halogens is 6. The normalized spacial score (nSPS) is 20.4. The van der Waals surface area contributed by atoms with Gasteiger partial charge in [-0.05, 0) is 19.9 Å². The number of pyridine rings is 1. The molecule has 4 heterocycles. The highest BCUT2D eigenvalue weighted by Gasteiger charge is 2.39. The SMILES string of the molecule is CC1OC[C@H]2CN(C(=O)CCOC[C@H](C)Nc3cn[nH]c(=O)c3C(F)(F)F)CCN2c2ncc(C(F)(F)F)cc21. The fourth-order valence-electron chi connectivity index (χ4n) is 4.69. The largest absolute Gasteiger partial charge is 0.423 e. The lowest BCUT2D eigenvalue weighted by Gasteiger charge is -2.41. The molecule has 220 valence electrons. The van der Waals surface area contributed by atoms with Gasteiger partial charge in [0.2, 0.25) is 5.91 Å². The molecule has 4 rings (SSSR count). The molecule has 0 saturated carbocycles. The maximum atomic E-state index is 13.2. The van der Waals surface area contributed by atoms with Crippen LogP contribution >= 0.6 is 0 Å². The monoisotopic (exact) mass is 578 g/mol. The first kappa shape index (κ1) is 29.6. The van der Waals surface area contributed by atoms with Crippen molar-refractivity contribution in [1.29, 1.82) is 0 Å². The quantitative estimate of drug-likeness (QED) is 0.381. The molecule has 0 spiro atoms. The molecule has 3 atom stereocenters. The van der Waals surface area contributed by atoms with Crippen LogP contribution in [0.15, 0.2) is 23.3 Å². The average molecular weight is 579 g/mol. The summed E-state index contributed by atoms with van der Waals surface area (Å²) in [6.45, 7) is 4.33. The Balaban J connectivity index is 1.28. The Morgan fingerprint density at radius 2 is 1.98 bits per heavy atom. The predicted octanol–water partition coefficient (Wildman–Crippen LogP) is 3.22. The molecule has 2 aromatic rings. The lowest BCUT2D eigenvalue weighted by atomic mass is 10.1. The summed E-state index contributed by atoms with van der Waals surface area (Å²) in [5.74, 6) is 0.195. The summed E-state index contributed by atoms with van der Waals surface area (Å²) < 4.78 is 90.4. The number of fused-ring (bicyclic) bond motifs is 3. The van der Waals surface area contributed by atoms with Gasteiger partial charge in [-0.3, -0.25) is 9.59 Å². The first-order valence-electron chi connectivity index (χ1n) is 12.5. The molecule has 40 heavy (non-hydrogen) atoms. The van der Waals surface area contributed by atoms with Crippen molar-refractivity contribution in [1.82, 2.24) is 20.1 Å². The van der Waals surface area contributed by atoms with Crippen molar-refractivity contribution in [3.63, 3.8) is 0 Å². The highest BCUT2D eigenvalue weighted by molar-refractivity contribution is 5.76. The number of H-pyrrole nitrogens is 1. The topological polar surface area (TPSA) is 113 Å². The van der Waals surface area contributed by atoms with Gasteiger partial charge in [0.25, 0.3) is 5.56 Å². The first-order chi connectivity index (χ1) is 18.8. The van der Waals surface area contributed by atoms with Gasteiger partial charge in [-0.15, -0.1) is 0 Å². The number of alkyl halides is 6. The highest BCUT2D eigenvalue weighted by Crippen LogP contribution is 2.37. The summed E-state index contributed by atoms with van der Waals surface area (Å²) in [4.78, 5) is 32.0. The van der Waals surface area contributed by atoms with E-state index in [0.29, 0.717) is 24.5 Å². The van der Waals surface area contributed by atoms with E-state index in [9.17, 15) is 35.9 Å². The zero-order valence-electron chi connectivity index (χ0n) is 21.6. The molecule has 2 aliphatic heterocycles. The van der Waals surface area contributed by atoms with Crippen LogP contribution < -0.4 is 15.8 Å². The predicted molar refractivity (Wildman–Crippen MR) is 130 cm³/mol. The van der Waals surface area contributed by atoms with Crippen molar-refractivity contribution in [3.8, 4) is 0 Å². The molecule has 1 amide bonds. The van der Waals surface area contributed by atoms with Crippen molar-refractivity contribution in [2.75, 3.05) is 49.7 Å². The number of piperazine rings is 1. The molecule has 2 N–H and O–H groups in total. The third-order valence-electron chi connectivity index (χ3n) is 6.68. The van der Waals surface area contributed by atoms with E-state index in [0.717, 1.165) is 18.5 Å². The Morgan fingerprint density at radius 1 is 1.23 bits per heavy atom.